The Bertz CT molecular complexity index is 404. The van der Waals surface area contributed by atoms with Gasteiger partial charge in [0.15, 0.2) is 0 Å². The fourth-order valence-electron chi connectivity index (χ4n) is 2.76. The maximum Gasteiger partial charge on any atom is 0.229 e. The van der Waals surface area contributed by atoms with Gasteiger partial charge in [0, 0.05) is 20.1 Å². The number of unbranched alkanes of at least 4 members (excludes halogenated alkanes) is 1. The lowest BCUT2D eigenvalue weighted by Crippen LogP contribution is -2.46. The van der Waals surface area contributed by atoms with Gasteiger partial charge < -0.3 is 10.6 Å². The first kappa shape index (κ1) is 17.7. The summed E-state index contributed by atoms with van der Waals surface area (Å²) in [7, 11) is 1.90. The van der Waals surface area contributed by atoms with Crippen LogP contribution in [0.4, 0.5) is 0 Å². The lowest BCUT2D eigenvalue weighted by atomic mass is 9.81. The summed E-state index contributed by atoms with van der Waals surface area (Å²) in [5.74, 6) is 0.203. The minimum Gasteiger partial charge on any atom is -0.345 e. The smallest absolute Gasteiger partial charge is 0.229 e. The molecule has 118 valence electrons. The number of nitrogens with zero attached hydrogens (tertiary/aromatic N) is 1. The number of amides is 1. The van der Waals surface area contributed by atoms with Gasteiger partial charge in [-0.25, -0.2) is 0 Å². The van der Waals surface area contributed by atoms with Crippen molar-refractivity contribution < 1.29 is 4.79 Å². The maximum absolute atomic E-state index is 12.6. The zero-order valence-corrected chi connectivity index (χ0v) is 13.8. The highest BCUT2D eigenvalue weighted by Crippen LogP contribution is 2.27. The molecule has 0 bridgehead atoms. The SMILES string of the molecule is CCC(CC)(CN)C(=O)N(C)CCCCc1ccccc1. The van der Waals surface area contributed by atoms with Gasteiger partial charge in [-0.15, -0.1) is 0 Å². The van der Waals surface area contributed by atoms with Gasteiger partial charge in [0.05, 0.1) is 5.41 Å². The fraction of sp³-hybridized carbons (Fsp3) is 0.611. The van der Waals surface area contributed by atoms with Gasteiger partial charge in [-0.2, -0.15) is 0 Å². The molecule has 0 radical (unpaired) electrons. The number of carbonyl (C=O) groups is 1. The third-order valence-corrected chi connectivity index (χ3v) is 4.60. The van der Waals surface area contributed by atoms with Crippen LogP contribution in [0, 0.1) is 5.41 Å². The standard InChI is InChI=1S/C18H30N2O/c1-4-18(5-2,15-19)17(21)20(3)14-10-9-13-16-11-7-6-8-12-16/h6-8,11-12H,4-5,9-10,13-15,19H2,1-3H3. The van der Waals surface area contributed by atoms with Gasteiger partial charge in [-0.3, -0.25) is 4.79 Å². The van der Waals surface area contributed by atoms with E-state index in [1.165, 1.54) is 5.56 Å². The minimum atomic E-state index is -0.367. The first-order valence-corrected chi connectivity index (χ1v) is 8.09. The van der Waals surface area contributed by atoms with E-state index in [0.717, 1.165) is 38.6 Å². The second-order valence-electron chi connectivity index (χ2n) is 5.86. The Morgan fingerprint density at radius 1 is 1.14 bits per heavy atom. The van der Waals surface area contributed by atoms with Crippen molar-refractivity contribution in [3.05, 3.63) is 35.9 Å². The minimum absolute atomic E-state index is 0.203. The van der Waals surface area contributed by atoms with Crippen LogP contribution in [0.3, 0.4) is 0 Å². The summed E-state index contributed by atoms with van der Waals surface area (Å²) < 4.78 is 0. The third kappa shape index (κ3) is 4.85. The lowest BCUT2D eigenvalue weighted by molar-refractivity contribution is -0.140. The topological polar surface area (TPSA) is 46.3 Å². The molecule has 0 aliphatic carbocycles. The molecule has 0 aliphatic rings. The van der Waals surface area contributed by atoms with Crippen LogP contribution in [0.25, 0.3) is 0 Å². The van der Waals surface area contributed by atoms with Crippen LogP contribution >= 0.6 is 0 Å². The first-order valence-electron chi connectivity index (χ1n) is 8.09. The van der Waals surface area contributed by atoms with Gasteiger partial charge >= 0.3 is 0 Å². The molecular formula is C18H30N2O. The monoisotopic (exact) mass is 290 g/mol. The molecule has 0 heterocycles. The van der Waals surface area contributed by atoms with E-state index in [9.17, 15) is 4.79 Å². The van der Waals surface area contributed by atoms with E-state index >= 15 is 0 Å². The second kappa shape index (κ2) is 8.83. The van der Waals surface area contributed by atoms with Crippen molar-refractivity contribution in [2.45, 2.75) is 46.0 Å². The normalized spacial score (nSPS) is 11.4. The highest BCUT2D eigenvalue weighted by atomic mass is 16.2. The third-order valence-electron chi connectivity index (χ3n) is 4.60. The average Bonchev–Trinajstić information content (AvgIpc) is 2.54. The van der Waals surface area contributed by atoms with E-state index in [1.807, 2.05) is 18.0 Å². The van der Waals surface area contributed by atoms with Gasteiger partial charge in [0.25, 0.3) is 0 Å². The summed E-state index contributed by atoms with van der Waals surface area (Å²) in [6, 6.07) is 10.5. The predicted molar refractivity (Wildman–Crippen MR) is 89.1 cm³/mol. The van der Waals surface area contributed by atoms with Gasteiger partial charge in [0.1, 0.15) is 0 Å². The summed E-state index contributed by atoms with van der Waals surface area (Å²) in [6.45, 7) is 5.36. The van der Waals surface area contributed by atoms with Crippen molar-refractivity contribution >= 4 is 5.91 Å². The largest absolute Gasteiger partial charge is 0.345 e. The summed E-state index contributed by atoms with van der Waals surface area (Å²) in [4.78, 5) is 14.4. The Morgan fingerprint density at radius 2 is 1.76 bits per heavy atom. The van der Waals surface area contributed by atoms with Crippen LogP contribution in [-0.4, -0.2) is 30.9 Å². The van der Waals surface area contributed by atoms with Crippen molar-refractivity contribution in [1.82, 2.24) is 4.90 Å². The van der Waals surface area contributed by atoms with Crippen LogP contribution in [0.15, 0.2) is 30.3 Å². The molecule has 0 unspecified atom stereocenters. The summed E-state index contributed by atoms with van der Waals surface area (Å²) in [5.41, 5.74) is 6.85. The number of hydrogen-bond acceptors (Lipinski definition) is 2. The van der Waals surface area contributed by atoms with E-state index in [2.05, 4.69) is 38.1 Å². The Hall–Kier alpha value is -1.35. The molecule has 21 heavy (non-hydrogen) atoms. The molecule has 2 N–H and O–H groups in total. The molecule has 1 aromatic rings. The maximum atomic E-state index is 12.6. The molecule has 0 saturated carbocycles. The number of benzene rings is 1. The van der Waals surface area contributed by atoms with Crippen LogP contribution in [0.1, 0.15) is 45.1 Å². The molecule has 1 aromatic carbocycles. The quantitative estimate of drug-likeness (QED) is 0.710. The molecule has 3 nitrogen and oxygen atoms in total. The van der Waals surface area contributed by atoms with Crippen molar-refractivity contribution in [3.8, 4) is 0 Å². The fourth-order valence-corrected chi connectivity index (χ4v) is 2.76. The van der Waals surface area contributed by atoms with E-state index < -0.39 is 0 Å². The highest BCUT2D eigenvalue weighted by Gasteiger charge is 2.35. The van der Waals surface area contributed by atoms with Crippen LogP contribution < -0.4 is 5.73 Å². The lowest BCUT2D eigenvalue weighted by Gasteiger charge is -2.33. The number of aryl methyl sites for hydroxylation is 1. The molecule has 0 aromatic heterocycles. The van der Waals surface area contributed by atoms with Crippen LogP contribution in [0.2, 0.25) is 0 Å². The molecule has 0 spiro atoms. The Morgan fingerprint density at radius 3 is 2.29 bits per heavy atom. The Balaban J connectivity index is 2.39. The number of hydrogen-bond donors (Lipinski definition) is 1. The Kier molecular flexibility index (Phi) is 7.44. The molecule has 1 amide bonds. The van der Waals surface area contributed by atoms with Crippen molar-refractivity contribution in [2.24, 2.45) is 11.1 Å². The molecule has 0 fully saturated rings. The number of rotatable bonds is 9. The van der Waals surface area contributed by atoms with E-state index in [1.54, 1.807) is 0 Å². The summed E-state index contributed by atoms with van der Waals surface area (Å²) in [6.07, 6.45) is 4.84. The molecule has 3 heteroatoms. The van der Waals surface area contributed by atoms with Gasteiger partial charge in [0.2, 0.25) is 5.91 Å². The van der Waals surface area contributed by atoms with Crippen LogP contribution in [-0.2, 0) is 11.2 Å². The zero-order chi connectivity index (χ0) is 15.7. The molecular weight excluding hydrogens is 260 g/mol. The predicted octanol–water partition coefficient (Wildman–Crippen LogP) is 3.23. The molecule has 1 rings (SSSR count). The van der Waals surface area contributed by atoms with Crippen molar-refractivity contribution in [3.63, 3.8) is 0 Å². The highest BCUT2D eigenvalue weighted by molar-refractivity contribution is 5.82. The first-order chi connectivity index (χ1) is 10.1. The second-order valence-corrected chi connectivity index (χ2v) is 5.86. The van der Waals surface area contributed by atoms with Crippen molar-refractivity contribution in [1.29, 1.82) is 0 Å². The van der Waals surface area contributed by atoms with Gasteiger partial charge in [-0.1, -0.05) is 44.2 Å². The number of carbonyl (C=O) groups excluding carboxylic acids is 1. The van der Waals surface area contributed by atoms with Crippen molar-refractivity contribution in [2.75, 3.05) is 20.1 Å². The summed E-state index contributed by atoms with van der Waals surface area (Å²) >= 11 is 0. The van der Waals surface area contributed by atoms with E-state index in [0.29, 0.717) is 6.54 Å². The molecule has 0 saturated heterocycles. The molecule has 0 aliphatic heterocycles. The van der Waals surface area contributed by atoms with E-state index in [4.69, 9.17) is 5.73 Å². The molecule has 0 atom stereocenters. The number of nitrogens with two attached hydrogens (primary N) is 1. The van der Waals surface area contributed by atoms with E-state index in [-0.39, 0.29) is 11.3 Å². The van der Waals surface area contributed by atoms with Gasteiger partial charge in [-0.05, 0) is 37.7 Å². The summed E-state index contributed by atoms with van der Waals surface area (Å²) in [5, 5.41) is 0. The Labute approximate surface area is 129 Å². The van der Waals surface area contributed by atoms with Crippen LogP contribution in [0.5, 0.6) is 0 Å². The zero-order valence-electron chi connectivity index (χ0n) is 13.8. The average molecular weight is 290 g/mol.